The molecule has 2 aromatic carbocycles. The van der Waals surface area contributed by atoms with Crippen molar-refractivity contribution in [3.05, 3.63) is 48.5 Å². The second-order valence-electron chi connectivity index (χ2n) is 3.35. The van der Waals surface area contributed by atoms with E-state index in [1.165, 1.54) is 0 Å². The van der Waals surface area contributed by atoms with Crippen LogP contribution >= 0.6 is 0 Å². The molecule has 2 aromatic rings. The fourth-order valence-corrected chi connectivity index (χ4v) is 1.50. The van der Waals surface area contributed by atoms with E-state index in [1.54, 1.807) is 7.11 Å². The molecule has 0 saturated heterocycles. The maximum absolute atomic E-state index is 5.73. The highest BCUT2D eigenvalue weighted by Gasteiger charge is 1.98. The lowest BCUT2D eigenvalue weighted by molar-refractivity contribution is 0.415. The van der Waals surface area contributed by atoms with Gasteiger partial charge in [-0.2, -0.15) is 0 Å². The van der Waals surface area contributed by atoms with Gasteiger partial charge in [-0.25, -0.2) is 0 Å². The van der Waals surface area contributed by atoms with Crippen molar-refractivity contribution in [2.45, 2.75) is 0 Å². The summed E-state index contributed by atoms with van der Waals surface area (Å²) in [6.07, 6.45) is 0. The molecule has 76 valence electrons. The number of benzene rings is 2. The van der Waals surface area contributed by atoms with Gasteiger partial charge in [0.25, 0.3) is 0 Å². The summed E-state index contributed by atoms with van der Waals surface area (Å²) in [6.45, 7) is 0. The number of nitrogens with two attached hydrogens (primary N) is 1. The minimum Gasteiger partial charge on any atom is -0.497 e. The van der Waals surface area contributed by atoms with Crippen molar-refractivity contribution in [3.8, 4) is 16.9 Å². The van der Waals surface area contributed by atoms with Gasteiger partial charge in [-0.3, -0.25) is 0 Å². The monoisotopic (exact) mass is 199 g/mol. The van der Waals surface area contributed by atoms with Crippen LogP contribution in [-0.4, -0.2) is 7.11 Å². The van der Waals surface area contributed by atoms with E-state index in [-0.39, 0.29) is 0 Å². The van der Waals surface area contributed by atoms with Crippen LogP contribution in [0.5, 0.6) is 5.75 Å². The molecule has 0 amide bonds. The van der Waals surface area contributed by atoms with Crippen LogP contribution < -0.4 is 10.5 Å². The van der Waals surface area contributed by atoms with Gasteiger partial charge in [-0.05, 0) is 35.4 Å². The Labute approximate surface area is 89.3 Å². The standard InChI is InChI=1S/C13H13NO/c1-15-13-7-5-10(6-8-13)11-3-2-4-12(14)9-11/h2-9H,14H2,1H3. The average Bonchev–Trinajstić information content (AvgIpc) is 2.29. The molecule has 15 heavy (non-hydrogen) atoms. The van der Waals surface area contributed by atoms with Crippen molar-refractivity contribution in [1.82, 2.24) is 0 Å². The Balaban J connectivity index is 2.37. The summed E-state index contributed by atoms with van der Waals surface area (Å²) in [5.74, 6) is 0.864. The van der Waals surface area contributed by atoms with Crippen LogP contribution in [-0.2, 0) is 0 Å². The second-order valence-corrected chi connectivity index (χ2v) is 3.35. The maximum Gasteiger partial charge on any atom is 0.118 e. The molecule has 0 bridgehead atoms. The van der Waals surface area contributed by atoms with E-state index in [4.69, 9.17) is 10.5 Å². The van der Waals surface area contributed by atoms with Gasteiger partial charge < -0.3 is 10.5 Å². The van der Waals surface area contributed by atoms with Crippen molar-refractivity contribution < 1.29 is 4.74 Å². The number of methoxy groups -OCH3 is 1. The smallest absolute Gasteiger partial charge is 0.118 e. The molecule has 0 aliphatic carbocycles. The van der Waals surface area contributed by atoms with Gasteiger partial charge in [0.2, 0.25) is 0 Å². The van der Waals surface area contributed by atoms with Crippen molar-refractivity contribution in [2.24, 2.45) is 0 Å². The van der Waals surface area contributed by atoms with Crippen molar-refractivity contribution in [2.75, 3.05) is 12.8 Å². The quantitative estimate of drug-likeness (QED) is 0.755. The van der Waals surface area contributed by atoms with Crippen LogP contribution in [0.25, 0.3) is 11.1 Å². The van der Waals surface area contributed by atoms with Gasteiger partial charge in [0.05, 0.1) is 7.11 Å². The first kappa shape index (κ1) is 9.59. The molecule has 0 fully saturated rings. The normalized spacial score (nSPS) is 9.93. The van der Waals surface area contributed by atoms with Crippen molar-refractivity contribution in [1.29, 1.82) is 0 Å². The van der Waals surface area contributed by atoms with Gasteiger partial charge in [0.1, 0.15) is 5.75 Å². The summed E-state index contributed by atoms with van der Waals surface area (Å²) in [5, 5.41) is 0. The number of anilines is 1. The number of ether oxygens (including phenoxy) is 1. The summed E-state index contributed by atoms with van der Waals surface area (Å²) in [6, 6.07) is 15.8. The van der Waals surface area contributed by atoms with E-state index in [2.05, 4.69) is 0 Å². The molecule has 0 aliphatic rings. The van der Waals surface area contributed by atoms with Crippen molar-refractivity contribution in [3.63, 3.8) is 0 Å². The van der Waals surface area contributed by atoms with Crippen LogP contribution in [0.2, 0.25) is 0 Å². The first-order valence-electron chi connectivity index (χ1n) is 4.79. The molecule has 0 aromatic heterocycles. The van der Waals surface area contributed by atoms with Crippen LogP contribution in [0.15, 0.2) is 48.5 Å². The molecule has 2 N–H and O–H groups in total. The largest absolute Gasteiger partial charge is 0.497 e. The third kappa shape index (κ3) is 2.10. The third-order valence-corrected chi connectivity index (χ3v) is 2.31. The zero-order valence-corrected chi connectivity index (χ0v) is 8.60. The first-order valence-corrected chi connectivity index (χ1v) is 4.79. The molecule has 2 heteroatoms. The highest BCUT2D eigenvalue weighted by atomic mass is 16.5. The maximum atomic E-state index is 5.73. The predicted molar refractivity (Wildman–Crippen MR) is 62.8 cm³/mol. The van der Waals surface area contributed by atoms with Gasteiger partial charge in [-0.15, -0.1) is 0 Å². The fourth-order valence-electron chi connectivity index (χ4n) is 1.50. The summed E-state index contributed by atoms with van der Waals surface area (Å²) < 4.78 is 5.10. The zero-order chi connectivity index (χ0) is 10.7. The van der Waals surface area contributed by atoms with Crippen LogP contribution in [0, 0.1) is 0 Å². The minimum absolute atomic E-state index is 0.781. The average molecular weight is 199 g/mol. The molecule has 0 atom stereocenters. The Morgan fingerprint density at radius 3 is 2.27 bits per heavy atom. The molecule has 0 radical (unpaired) electrons. The van der Waals surface area contributed by atoms with Gasteiger partial charge in [0.15, 0.2) is 0 Å². The molecular weight excluding hydrogens is 186 g/mol. The summed E-state index contributed by atoms with van der Waals surface area (Å²) in [5.41, 5.74) is 8.77. The Bertz CT molecular complexity index is 448. The topological polar surface area (TPSA) is 35.2 Å². The number of nitrogen functional groups attached to an aromatic ring is 1. The lowest BCUT2D eigenvalue weighted by Crippen LogP contribution is -1.85. The molecule has 0 heterocycles. The highest BCUT2D eigenvalue weighted by molar-refractivity contribution is 5.67. The van der Waals surface area contributed by atoms with Crippen LogP contribution in [0.4, 0.5) is 5.69 Å². The first-order chi connectivity index (χ1) is 7.29. The van der Waals surface area contributed by atoms with Gasteiger partial charge in [0, 0.05) is 5.69 Å². The van der Waals surface area contributed by atoms with E-state index >= 15 is 0 Å². The lowest BCUT2D eigenvalue weighted by Gasteiger charge is -2.04. The second kappa shape index (κ2) is 4.05. The summed E-state index contributed by atoms with van der Waals surface area (Å²) in [4.78, 5) is 0. The number of hydrogen-bond acceptors (Lipinski definition) is 2. The molecule has 2 nitrogen and oxygen atoms in total. The Kier molecular flexibility index (Phi) is 2.59. The number of rotatable bonds is 2. The molecule has 0 aliphatic heterocycles. The van der Waals surface area contributed by atoms with E-state index in [9.17, 15) is 0 Å². The predicted octanol–water partition coefficient (Wildman–Crippen LogP) is 2.94. The Morgan fingerprint density at radius 2 is 1.67 bits per heavy atom. The van der Waals surface area contributed by atoms with E-state index in [0.29, 0.717) is 0 Å². The minimum atomic E-state index is 0.781. The van der Waals surface area contributed by atoms with Crippen LogP contribution in [0.1, 0.15) is 0 Å². The Morgan fingerprint density at radius 1 is 0.933 bits per heavy atom. The Hall–Kier alpha value is -1.96. The molecular formula is C13H13NO. The van der Waals surface area contributed by atoms with E-state index in [0.717, 1.165) is 22.6 Å². The van der Waals surface area contributed by atoms with Crippen molar-refractivity contribution >= 4 is 5.69 Å². The SMILES string of the molecule is COc1ccc(-c2cccc(N)c2)cc1. The molecule has 2 rings (SSSR count). The molecule has 0 unspecified atom stereocenters. The van der Waals surface area contributed by atoms with E-state index < -0.39 is 0 Å². The zero-order valence-electron chi connectivity index (χ0n) is 8.60. The summed E-state index contributed by atoms with van der Waals surface area (Å²) in [7, 11) is 1.66. The van der Waals surface area contributed by atoms with Crippen LogP contribution in [0.3, 0.4) is 0 Å². The lowest BCUT2D eigenvalue weighted by atomic mass is 10.1. The third-order valence-electron chi connectivity index (χ3n) is 2.31. The summed E-state index contributed by atoms with van der Waals surface area (Å²) >= 11 is 0. The highest BCUT2D eigenvalue weighted by Crippen LogP contribution is 2.23. The fraction of sp³-hybridized carbons (Fsp3) is 0.0769. The molecule has 0 spiro atoms. The van der Waals surface area contributed by atoms with E-state index in [1.807, 2.05) is 48.5 Å². The van der Waals surface area contributed by atoms with Gasteiger partial charge in [-0.1, -0.05) is 24.3 Å². The van der Waals surface area contributed by atoms with Gasteiger partial charge >= 0.3 is 0 Å². The number of hydrogen-bond donors (Lipinski definition) is 1. The molecule has 0 saturated carbocycles.